The van der Waals surface area contributed by atoms with Crippen molar-refractivity contribution in [2.24, 2.45) is 0 Å². The average molecular weight is 545 g/mol. The molecule has 0 bridgehead atoms. The van der Waals surface area contributed by atoms with Crippen LogP contribution in [0, 0.1) is 0 Å². The maximum absolute atomic E-state index is 13.2. The molecule has 1 aromatic rings. The second-order valence-corrected chi connectivity index (χ2v) is 10.8. The van der Waals surface area contributed by atoms with Crippen molar-refractivity contribution >= 4 is 27.5 Å². The van der Waals surface area contributed by atoms with Gasteiger partial charge in [0.25, 0.3) is 0 Å². The van der Waals surface area contributed by atoms with Crippen LogP contribution in [0.2, 0.25) is 0 Å². The number of halogens is 1. The Bertz CT molecular complexity index is 997. The number of rotatable bonds is 10. The van der Waals surface area contributed by atoms with E-state index in [2.05, 4.69) is 27.8 Å². The summed E-state index contributed by atoms with van der Waals surface area (Å²) in [6.07, 6.45) is 11.8. The number of ketones is 2. The van der Waals surface area contributed by atoms with Gasteiger partial charge < -0.3 is 14.4 Å². The van der Waals surface area contributed by atoms with E-state index in [-0.39, 0.29) is 17.5 Å². The first-order valence-electron chi connectivity index (χ1n) is 13.2. The lowest BCUT2D eigenvalue weighted by molar-refractivity contribution is -0.117. The Morgan fingerprint density at radius 2 is 1.51 bits per heavy atom. The van der Waals surface area contributed by atoms with Gasteiger partial charge in [-0.05, 0) is 65.7 Å². The molecule has 1 aromatic carbocycles. The van der Waals surface area contributed by atoms with E-state index in [0.717, 1.165) is 71.1 Å². The van der Waals surface area contributed by atoms with Crippen LogP contribution in [0.15, 0.2) is 39.1 Å². The van der Waals surface area contributed by atoms with E-state index in [1.807, 2.05) is 19.2 Å². The first kappa shape index (κ1) is 26.0. The lowest BCUT2D eigenvalue weighted by Gasteiger charge is -2.42. The number of ether oxygens (including phenoxy) is 2. The Labute approximate surface area is 218 Å². The molecule has 0 aromatic heterocycles. The van der Waals surface area contributed by atoms with Crippen molar-refractivity contribution in [3.05, 3.63) is 44.7 Å². The van der Waals surface area contributed by atoms with Crippen molar-refractivity contribution in [2.45, 2.75) is 89.9 Å². The molecule has 2 aliphatic carbocycles. The summed E-state index contributed by atoms with van der Waals surface area (Å²) in [6, 6.07) is 3.99. The lowest BCUT2D eigenvalue weighted by atomic mass is 9.71. The fourth-order valence-electron chi connectivity index (χ4n) is 5.79. The topological polar surface area (TPSA) is 55.8 Å². The van der Waals surface area contributed by atoms with Crippen LogP contribution < -0.4 is 9.47 Å². The van der Waals surface area contributed by atoms with Crippen LogP contribution in [0.1, 0.15) is 95.5 Å². The van der Waals surface area contributed by atoms with Gasteiger partial charge >= 0.3 is 0 Å². The quantitative estimate of drug-likeness (QED) is 0.291. The zero-order valence-corrected chi connectivity index (χ0v) is 23.0. The molecule has 0 fully saturated rings. The number of hydrogen-bond acceptors (Lipinski definition) is 5. The molecule has 1 heterocycles. The summed E-state index contributed by atoms with van der Waals surface area (Å²) in [5.41, 5.74) is 4.67. The molecule has 1 aliphatic heterocycles. The van der Waals surface area contributed by atoms with Gasteiger partial charge in [-0.15, -0.1) is 0 Å². The van der Waals surface area contributed by atoms with E-state index in [1.165, 1.54) is 25.7 Å². The molecular weight excluding hydrogens is 506 g/mol. The second kappa shape index (κ2) is 11.8. The monoisotopic (exact) mass is 543 g/mol. The number of unbranched alkanes of at least 4 members (excludes halogenated alkanes) is 5. The fourth-order valence-corrected chi connectivity index (χ4v) is 6.36. The van der Waals surface area contributed by atoms with Crippen LogP contribution in [-0.4, -0.2) is 37.2 Å². The van der Waals surface area contributed by atoms with Crippen LogP contribution >= 0.6 is 15.9 Å². The third-order valence-electron chi connectivity index (χ3n) is 7.57. The Kier molecular flexibility index (Phi) is 8.74. The zero-order chi connectivity index (χ0) is 24.9. The first-order chi connectivity index (χ1) is 17.0. The Morgan fingerprint density at radius 3 is 2.11 bits per heavy atom. The van der Waals surface area contributed by atoms with Gasteiger partial charge in [0.05, 0.1) is 18.2 Å². The molecule has 0 radical (unpaired) electrons. The third-order valence-corrected chi connectivity index (χ3v) is 8.16. The van der Waals surface area contributed by atoms with Gasteiger partial charge in [0.1, 0.15) is 0 Å². The minimum absolute atomic E-state index is 0.159. The van der Waals surface area contributed by atoms with Gasteiger partial charge in [0.15, 0.2) is 23.1 Å². The molecular formula is C29H38BrNO4. The molecule has 4 rings (SSSR count). The predicted molar refractivity (Wildman–Crippen MR) is 142 cm³/mol. The largest absolute Gasteiger partial charge is 0.493 e. The highest BCUT2D eigenvalue weighted by Gasteiger charge is 2.42. The van der Waals surface area contributed by atoms with Crippen LogP contribution in [0.25, 0.3) is 0 Å². The number of nitrogens with zero attached hydrogens (tertiary/aromatic N) is 1. The normalized spacial score (nSPS) is 18.7. The molecule has 190 valence electrons. The van der Waals surface area contributed by atoms with Crippen molar-refractivity contribution in [1.29, 1.82) is 0 Å². The van der Waals surface area contributed by atoms with Crippen LogP contribution in [0.3, 0.4) is 0 Å². The summed E-state index contributed by atoms with van der Waals surface area (Å²) in [4.78, 5) is 28.6. The first-order valence-corrected chi connectivity index (χ1v) is 14.0. The van der Waals surface area contributed by atoms with Gasteiger partial charge in [0.2, 0.25) is 0 Å². The van der Waals surface area contributed by atoms with E-state index in [4.69, 9.17) is 9.47 Å². The molecule has 0 unspecified atom stereocenters. The molecule has 0 amide bonds. The molecule has 5 nitrogen and oxygen atoms in total. The minimum atomic E-state index is -0.338. The van der Waals surface area contributed by atoms with Crippen molar-refractivity contribution in [3.8, 4) is 11.5 Å². The highest BCUT2D eigenvalue weighted by Crippen LogP contribution is 2.50. The number of allylic oxidation sites excluding steroid dienone is 4. The summed E-state index contributed by atoms with van der Waals surface area (Å²) in [5, 5.41) is 0. The molecule has 0 spiro atoms. The number of methoxy groups -OCH3 is 1. The molecule has 0 saturated carbocycles. The number of hydrogen-bond donors (Lipinski definition) is 0. The molecule has 0 saturated heterocycles. The number of carbonyl (C=O) groups excluding carboxylic acids is 2. The maximum Gasteiger partial charge on any atom is 0.175 e. The Morgan fingerprint density at radius 1 is 0.914 bits per heavy atom. The van der Waals surface area contributed by atoms with E-state index in [9.17, 15) is 9.59 Å². The summed E-state index contributed by atoms with van der Waals surface area (Å²) < 4.78 is 12.7. The molecule has 35 heavy (non-hydrogen) atoms. The summed E-state index contributed by atoms with van der Waals surface area (Å²) in [6.45, 7) is 2.86. The van der Waals surface area contributed by atoms with Crippen molar-refractivity contribution < 1.29 is 19.1 Å². The fraction of sp³-hybridized carbons (Fsp3) is 0.586. The lowest BCUT2D eigenvalue weighted by Crippen LogP contribution is -2.37. The smallest absolute Gasteiger partial charge is 0.175 e. The molecule has 0 atom stereocenters. The zero-order valence-electron chi connectivity index (χ0n) is 21.4. The number of Topliss-reactive ketones (excluding diaryl/α,β-unsaturated/α-hetero) is 2. The number of benzene rings is 1. The third kappa shape index (κ3) is 5.37. The summed E-state index contributed by atoms with van der Waals surface area (Å²) in [5.74, 6) is 1.30. The van der Waals surface area contributed by atoms with Gasteiger partial charge in [-0.3, -0.25) is 9.59 Å². The van der Waals surface area contributed by atoms with Gasteiger partial charge in [-0.25, -0.2) is 0 Å². The Balaban J connectivity index is 1.65. The van der Waals surface area contributed by atoms with Crippen molar-refractivity contribution in [2.75, 3.05) is 20.8 Å². The van der Waals surface area contributed by atoms with Crippen LogP contribution in [0.5, 0.6) is 11.5 Å². The van der Waals surface area contributed by atoms with Crippen molar-refractivity contribution in [3.63, 3.8) is 0 Å². The Hall–Kier alpha value is -2.08. The summed E-state index contributed by atoms with van der Waals surface area (Å²) in [7, 11) is 3.67. The van der Waals surface area contributed by atoms with E-state index in [0.29, 0.717) is 30.9 Å². The summed E-state index contributed by atoms with van der Waals surface area (Å²) >= 11 is 3.71. The SMILES string of the molecule is CCCCCCCCOc1c(Br)cc(C2C3=C(CCCC3=O)N(C)C3=C2C(=O)CCC3)cc1OC. The molecule has 6 heteroatoms. The van der Waals surface area contributed by atoms with E-state index < -0.39 is 0 Å². The van der Waals surface area contributed by atoms with Crippen LogP contribution in [-0.2, 0) is 9.59 Å². The highest BCUT2D eigenvalue weighted by atomic mass is 79.9. The van der Waals surface area contributed by atoms with Gasteiger partial charge in [0, 0.05) is 48.3 Å². The van der Waals surface area contributed by atoms with E-state index in [1.54, 1.807) is 7.11 Å². The van der Waals surface area contributed by atoms with Crippen molar-refractivity contribution in [1.82, 2.24) is 4.90 Å². The average Bonchev–Trinajstić information content (AvgIpc) is 2.85. The molecule has 3 aliphatic rings. The van der Waals surface area contributed by atoms with Crippen LogP contribution in [0.4, 0.5) is 0 Å². The number of carbonyl (C=O) groups is 2. The molecule has 0 N–H and O–H groups in total. The van der Waals surface area contributed by atoms with E-state index >= 15 is 0 Å². The maximum atomic E-state index is 13.2. The van der Waals surface area contributed by atoms with Gasteiger partial charge in [-0.1, -0.05) is 39.0 Å². The standard InChI is InChI=1S/C29H38BrNO4/c1-4-5-6-7-8-9-16-35-29-20(30)17-19(18-25(29)34-3)26-27-21(12-10-14-23(27)32)31(2)22-13-11-15-24(33)28(22)26/h17-18,26H,4-16H2,1-3H3. The highest BCUT2D eigenvalue weighted by molar-refractivity contribution is 9.10. The second-order valence-electron chi connectivity index (χ2n) is 9.92. The van der Waals surface area contributed by atoms with Gasteiger partial charge in [-0.2, -0.15) is 0 Å². The minimum Gasteiger partial charge on any atom is -0.493 e. The predicted octanol–water partition coefficient (Wildman–Crippen LogP) is 7.24.